The van der Waals surface area contributed by atoms with Gasteiger partial charge in [0.1, 0.15) is 0 Å². The van der Waals surface area contributed by atoms with E-state index in [1.165, 1.54) is 0 Å². The number of aromatic nitrogens is 2. The summed E-state index contributed by atoms with van der Waals surface area (Å²) >= 11 is 0. The monoisotopic (exact) mass is 185 g/mol. The van der Waals surface area contributed by atoms with Gasteiger partial charge in [-0.1, -0.05) is 0 Å². The standard InChI is InChI=1S/C8H15N3O2/c1-7(12)6-9-2-4-11-5-3-10-8(11)13/h3,5,7,9,12H,2,4,6H2,1H3,(H,10,13). The molecule has 1 unspecified atom stereocenters. The van der Waals surface area contributed by atoms with Crippen LogP contribution in [0.15, 0.2) is 17.2 Å². The zero-order chi connectivity index (χ0) is 9.68. The highest BCUT2D eigenvalue weighted by molar-refractivity contribution is 4.75. The number of aliphatic hydroxyl groups is 1. The number of H-pyrrole nitrogens is 1. The van der Waals surface area contributed by atoms with Crippen molar-refractivity contribution in [1.29, 1.82) is 0 Å². The summed E-state index contributed by atoms with van der Waals surface area (Å²) in [6, 6.07) is 0. The molecule has 0 saturated heterocycles. The molecule has 1 aromatic heterocycles. The van der Waals surface area contributed by atoms with Crippen LogP contribution in [0.3, 0.4) is 0 Å². The maximum atomic E-state index is 11.0. The first-order valence-electron chi connectivity index (χ1n) is 4.33. The van der Waals surface area contributed by atoms with E-state index >= 15 is 0 Å². The highest BCUT2D eigenvalue weighted by atomic mass is 16.3. The predicted octanol–water partition coefficient (Wildman–Crippen LogP) is -0.853. The predicted molar refractivity (Wildman–Crippen MR) is 49.6 cm³/mol. The molecule has 1 rings (SSSR count). The maximum Gasteiger partial charge on any atom is 0.325 e. The smallest absolute Gasteiger partial charge is 0.325 e. The molecule has 3 N–H and O–H groups in total. The third-order valence-electron chi connectivity index (χ3n) is 1.69. The van der Waals surface area contributed by atoms with E-state index in [0.29, 0.717) is 19.6 Å². The Morgan fingerprint density at radius 3 is 3.08 bits per heavy atom. The molecule has 5 nitrogen and oxygen atoms in total. The number of aliphatic hydroxyl groups excluding tert-OH is 1. The van der Waals surface area contributed by atoms with Gasteiger partial charge in [0.05, 0.1) is 6.10 Å². The van der Waals surface area contributed by atoms with Crippen molar-refractivity contribution < 1.29 is 5.11 Å². The van der Waals surface area contributed by atoms with Gasteiger partial charge in [0, 0.05) is 32.0 Å². The first-order valence-corrected chi connectivity index (χ1v) is 4.33. The summed E-state index contributed by atoms with van der Waals surface area (Å²) in [5.74, 6) is 0. The van der Waals surface area contributed by atoms with Gasteiger partial charge in [0.25, 0.3) is 0 Å². The first-order chi connectivity index (χ1) is 6.20. The minimum Gasteiger partial charge on any atom is -0.392 e. The van der Waals surface area contributed by atoms with Gasteiger partial charge < -0.3 is 15.4 Å². The average Bonchev–Trinajstić information content (AvgIpc) is 2.45. The molecule has 1 atom stereocenters. The summed E-state index contributed by atoms with van der Waals surface area (Å²) in [7, 11) is 0. The lowest BCUT2D eigenvalue weighted by atomic mass is 10.4. The topological polar surface area (TPSA) is 70.0 Å². The molecule has 0 amide bonds. The number of hydrogen-bond acceptors (Lipinski definition) is 3. The van der Waals surface area contributed by atoms with Gasteiger partial charge in [0.2, 0.25) is 0 Å². The quantitative estimate of drug-likeness (QED) is 0.523. The number of aromatic amines is 1. The molecular weight excluding hydrogens is 170 g/mol. The van der Waals surface area contributed by atoms with E-state index in [0.717, 1.165) is 0 Å². The van der Waals surface area contributed by atoms with Gasteiger partial charge in [-0.3, -0.25) is 4.57 Å². The van der Waals surface area contributed by atoms with Crippen molar-refractivity contribution in [2.24, 2.45) is 0 Å². The number of rotatable bonds is 5. The zero-order valence-electron chi connectivity index (χ0n) is 7.66. The normalized spacial score (nSPS) is 13.1. The van der Waals surface area contributed by atoms with Crippen LogP contribution in [0.4, 0.5) is 0 Å². The van der Waals surface area contributed by atoms with E-state index in [9.17, 15) is 4.79 Å². The molecule has 0 radical (unpaired) electrons. The van der Waals surface area contributed by atoms with Gasteiger partial charge in [-0.2, -0.15) is 0 Å². The van der Waals surface area contributed by atoms with Crippen molar-refractivity contribution in [3.63, 3.8) is 0 Å². The highest BCUT2D eigenvalue weighted by Crippen LogP contribution is 1.78. The van der Waals surface area contributed by atoms with Crippen molar-refractivity contribution in [1.82, 2.24) is 14.9 Å². The van der Waals surface area contributed by atoms with Gasteiger partial charge in [-0.25, -0.2) is 4.79 Å². The van der Waals surface area contributed by atoms with Crippen LogP contribution >= 0.6 is 0 Å². The Bertz CT molecular complexity index is 290. The van der Waals surface area contributed by atoms with Crippen molar-refractivity contribution in [3.8, 4) is 0 Å². The molecule has 0 bridgehead atoms. The molecule has 0 aromatic carbocycles. The number of nitrogens with one attached hydrogen (secondary N) is 2. The summed E-state index contributed by atoms with van der Waals surface area (Å²) in [4.78, 5) is 13.5. The molecule has 0 aliphatic rings. The molecule has 5 heteroatoms. The Labute approximate surface area is 76.4 Å². The second-order valence-electron chi connectivity index (χ2n) is 3.01. The Kier molecular flexibility index (Phi) is 3.72. The van der Waals surface area contributed by atoms with Gasteiger partial charge >= 0.3 is 5.69 Å². The van der Waals surface area contributed by atoms with Gasteiger partial charge in [-0.15, -0.1) is 0 Å². The summed E-state index contributed by atoms with van der Waals surface area (Å²) in [5.41, 5.74) is -0.0983. The average molecular weight is 185 g/mol. The number of hydrogen-bond donors (Lipinski definition) is 3. The van der Waals surface area contributed by atoms with Crippen LogP contribution in [0.1, 0.15) is 6.92 Å². The van der Waals surface area contributed by atoms with E-state index in [1.807, 2.05) is 0 Å². The third kappa shape index (κ3) is 3.43. The lowest BCUT2D eigenvalue weighted by molar-refractivity contribution is 0.191. The molecule has 13 heavy (non-hydrogen) atoms. The number of imidazole rings is 1. The van der Waals surface area contributed by atoms with Gasteiger partial charge in [0.15, 0.2) is 0 Å². The molecule has 0 saturated carbocycles. The molecule has 0 aliphatic heterocycles. The maximum absolute atomic E-state index is 11.0. The molecule has 0 fully saturated rings. The number of nitrogens with zero attached hydrogens (tertiary/aromatic N) is 1. The van der Waals surface area contributed by atoms with Crippen LogP contribution in [0.2, 0.25) is 0 Å². The first kappa shape index (κ1) is 10.0. The van der Waals surface area contributed by atoms with Crippen LogP contribution in [-0.4, -0.2) is 33.9 Å². The second kappa shape index (κ2) is 4.84. The van der Waals surface area contributed by atoms with Crippen LogP contribution in [0.25, 0.3) is 0 Å². The van der Waals surface area contributed by atoms with Gasteiger partial charge in [-0.05, 0) is 6.92 Å². The SMILES string of the molecule is CC(O)CNCCn1cc[nH]c1=O. The van der Waals surface area contributed by atoms with E-state index < -0.39 is 0 Å². The fourth-order valence-corrected chi connectivity index (χ4v) is 1.04. The Balaban J connectivity index is 2.21. The fourth-order valence-electron chi connectivity index (χ4n) is 1.04. The zero-order valence-corrected chi connectivity index (χ0v) is 7.66. The molecular formula is C8H15N3O2. The Morgan fingerprint density at radius 2 is 2.54 bits per heavy atom. The van der Waals surface area contributed by atoms with E-state index in [-0.39, 0.29) is 11.8 Å². The lowest BCUT2D eigenvalue weighted by Gasteiger charge is -2.06. The second-order valence-corrected chi connectivity index (χ2v) is 3.01. The minimum absolute atomic E-state index is 0.0983. The molecule has 0 aliphatic carbocycles. The lowest BCUT2D eigenvalue weighted by Crippen LogP contribution is -2.29. The van der Waals surface area contributed by atoms with Crippen LogP contribution < -0.4 is 11.0 Å². The van der Waals surface area contributed by atoms with Crippen LogP contribution in [0.5, 0.6) is 0 Å². The molecule has 1 aromatic rings. The molecule has 0 spiro atoms. The van der Waals surface area contributed by atoms with Crippen molar-refractivity contribution in [2.75, 3.05) is 13.1 Å². The van der Waals surface area contributed by atoms with Crippen LogP contribution in [0, 0.1) is 0 Å². The molecule has 1 heterocycles. The summed E-state index contributed by atoms with van der Waals surface area (Å²) in [6.07, 6.45) is 2.96. The van der Waals surface area contributed by atoms with Crippen LogP contribution in [-0.2, 0) is 6.54 Å². The van der Waals surface area contributed by atoms with E-state index in [1.54, 1.807) is 23.9 Å². The molecule has 74 valence electrons. The minimum atomic E-state index is -0.344. The Hall–Kier alpha value is -1.07. The van der Waals surface area contributed by atoms with Crippen molar-refractivity contribution >= 4 is 0 Å². The Morgan fingerprint density at radius 1 is 1.77 bits per heavy atom. The third-order valence-corrected chi connectivity index (χ3v) is 1.69. The largest absolute Gasteiger partial charge is 0.392 e. The highest BCUT2D eigenvalue weighted by Gasteiger charge is 1.96. The van der Waals surface area contributed by atoms with E-state index in [4.69, 9.17) is 5.11 Å². The van der Waals surface area contributed by atoms with E-state index in [2.05, 4.69) is 10.3 Å². The summed E-state index contributed by atoms with van der Waals surface area (Å²) in [5, 5.41) is 12.0. The summed E-state index contributed by atoms with van der Waals surface area (Å²) < 4.78 is 1.58. The fraction of sp³-hybridized carbons (Fsp3) is 0.625. The summed E-state index contributed by atoms with van der Waals surface area (Å²) in [6.45, 7) is 3.58. The van der Waals surface area contributed by atoms with Crippen molar-refractivity contribution in [3.05, 3.63) is 22.9 Å². The van der Waals surface area contributed by atoms with Crippen molar-refractivity contribution in [2.45, 2.75) is 19.6 Å².